The van der Waals surface area contributed by atoms with Crippen molar-refractivity contribution < 1.29 is 14.3 Å². The average Bonchev–Trinajstić information content (AvgIpc) is 2.87. The van der Waals surface area contributed by atoms with Gasteiger partial charge in [0, 0.05) is 12.8 Å². The summed E-state index contributed by atoms with van der Waals surface area (Å²) in [6.45, 7) is 2.27. The maximum atomic E-state index is 11.7. The molecule has 0 aliphatic carbocycles. The fourth-order valence-electron chi connectivity index (χ4n) is 1.70. The van der Waals surface area contributed by atoms with Gasteiger partial charge in [0.1, 0.15) is 0 Å². The first-order valence-electron chi connectivity index (χ1n) is 6.46. The normalized spacial score (nSPS) is 10.3. The molecule has 0 saturated carbocycles. The van der Waals surface area contributed by atoms with Crippen LogP contribution in [0.3, 0.4) is 0 Å². The standard InChI is InChI=1S/C14H20O3S/c1-2-17-14(16)10-6-4-3-5-8-12(15)13-9-7-11-18-13/h7,9,11H,2-6,8,10H2,1H3. The highest BCUT2D eigenvalue weighted by atomic mass is 32.1. The molecule has 100 valence electrons. The fraction of sp³-hybridized carbons (Fsp3) is 0.571. The van der Waals surface area contributed by atoms with E-state index in [1.165, 1.54) is 11.3 Å². The summed E-state index contributed by atoms with van der Waals surface area (Å²) in [5, 5.41) is 1.92. The number of hydrogen-bond donors (Lipinski definition) is 0. The molecule has 0 aliphatic rings. The molecule has 4 heteroatoms. The zero-order valence-electron chi connectivity index (χ0n) is 10.8. The second-order valence-corrected chi connectivity index (χ2v) is 5.07. The first kappa shape index (κ1) is 14.9. The zero-order chi connectivity index (χ0) is 13.2. The van der Waals surface area contributed by atoms with E-state index in [4.69, 9.17) is 4.74 Å². The molecule has 0 bridgehead atoms. The Morgan fingerprint density at radius 2 is 1.89 bits per heavy atom. The molecule has 0 atom stereocenters. The second-order valence-electron chi connectivity index (χ2n) is 4.12. The lowest BCUT2D eigenvalue weighted by Gasteiger charge is -2.02. The molecule has 1 rings (SSSR count). The van der Waals surface area contributed by atoms with E-state index in [2.05, 4.69) is 0 Å². The Kier molecular flexibility index (Phi) is 7.34. The summed E-state index contributed by atoms with van der Waals surface area (Å²) < 4.78 is 4.84. The summed E-state index contributed by atoms with van der Waals surface area (Å²) in [7, 11) is 0. The second kappa shape index (κ2) is 8.86. The molecule has 1 heterocycles. The highest BCUT2D eigenvalue weighted by molar-refractivity contribution is 7.12. The Bertz CT molecular complexity index is 357. The maximum Gasteiger partial charge on any atom is 0.305 e. The number of rotatable bonds is 9. The van der Waals surface area contributed by atoms with Gasteiger partial charge in [0.25, 0.3) is 0 Å². The minimum atomic E-state index is -0.118. The number of Topliss-reactive ketones (excluding diaryl/α,β-unsaturated/α-hetero) is 1. The van der Waals surface area contributed by atoms with E-state index in [0.717, 1.165) is 30.6 Å². The topological polar surface area (TPSA) is 43.4 Å². The summed E-state index contributed by atoms with van der Waals surface area (Å²) in [4.78, 5) is 23.6. The molecule has 1 aromatic heterocycles. The van der Waals surface area contributed by atoms with Crippen LogP contribution in [-0.2, 0) is 9.53 Å². The predicted molar refractivity (Wildman–Crippen MR) is 73.0 cm³/mol. The monoisotopic (exact) mass is 268 g/mol. The summed E-state index contributed by atoms with van der Waals surface area (Å²) in [6.07, 6.45) is 4.84. The van der Waals surface area contributed by atoms with E-state index in [0.29, 0.717) is 19.4 Å². The van der Waals surface area contributed by atoms with E-state index in [-0.39, 0.29) is 11.8 Å². The van der Waals surface area contributed by atoms with E-state index in [1.54, 1.807) is 0 Å². The lowest BCUT2D eigenvalue weighted by molar-refractivity contribution is -0.143. The Morgan fingerprint density at radius 1 is 1.17 bits per heavy atom. The van der Waals surface area contributed by atoms with Crippen LogP contribution in [-0.4, -0.2) is 18.4 Å². The van der Waals surface area contributed by atoms with Crippen molar-refractivity contribution in [2.75, 3.05) is 6.61 Å². The van der Waals surface area contributed by atoms with Crippen LogP contribution in [0.4, 0.5) is 0 Å². The number of carbonyl (C=O) groups excluding carboxylic acids is 2. The first-order chi connectivity index (χ1) is 8.74. The number of ketones is 1. The van der Waals surface area contributed by atoms with Crippen LogP contribution in [0.2, 0.25) is 0 Å². The average molecular weight is 268 g/mol. The molecule has 18 heavy (non-hydrogen) atoms. The quantitative estimate of drug-likeness (QED) is 0.388. The molecule has 0 amide bonds. The lowest BCUT2D eigenvalue weighted by atomic mass is 10.1. The van der Waals surface area contributed by atoms with Crippen molar-refractivity contribution in [1.29, 1.82) is 0 Å². The van der Waals surface area contributed by atoms with Crippen LogP contribution in [0.25, 0.3) is 0 Å². The van der Waals surface area contributed by atoms with Gasteiger partial charge in [-0.05, 0) is 31.2 Å². The molecular weight excluding hydrogens is 248 g/mol. The number of hydrogen-bond acceptors (Lipinski definition) is 4. The van der Waals surface area contributed by atoms with Crippen molar-refractivity contribution in [2.24, 2.45) is 0 Å². The SMILES string of the molecule is CCOC(=O)CCCCCCC(=O)c1cccs1. The minimum Gasteiger partial charge on any atom is -0.466 e. The van der Waals surface area contributed by atoms with Gasteiger partial charge < -0.3 is 4.74 Å². The molecule has 0 aliphatic heterocycles. The Hall–Kier alpha value is -1.16. The summed E-state index contributed by atoms with van der Waals surface area (Å²) in [5.41, 5.74) is 0. The summed E-state index contributed by atoms with van der Waals surface area (Å²) >= 11 is 1.50. The van der Waals surface area contributed by atoms with Gasteiger partial charge in [-0.1, -0.05) is 18.9 Å². The number of ether oxygens (including phenoxy) is 1. The van der Waals surface area contributed by atoms with Crippen LogP contribution >= 0.6 is 11.3 Å². The highest BCUT2D eigenvalue weighted by Crippen LogP contribution is 2.14. The van der Waals surface area contributed by atoms with Gasteiger partial charge in [-0.3, -0.25) is 9.59 Å². The van der Waals surface area contributed by atoms with Gasteiger partial charge in [0.2, 0.25) is 0 Å². The molecule has 0 unspecified atom stereocenters. The van der Waals surface area contributed by atoms with E-state index in [9.17, 15) is 9.59 Å². The van der Waals surface area contributed by atoms with Gasteiger partial charge in [-0.2, -0.15) is 0 Å². The van der Waals surface area contributed by atoms with Crippen molar-refractivity contribution in [2.45, 2.75) is 45.4 Å². The predicted octanol–water partition coefficient (Wildman–Crippen LogP) is 3.83. The van der Waals surface area contributed by atoms with E-state index < -0.39 is 0 Å². The molecule has 0 saturated heterocycles. The van der Waals surface area contributed by atoms with Crippen molar-refractivity contribution in [1.82, 2.24) is 0 Å². The van der Waals surface area contributed by atoms with Crippen LogP contribution < -0.4 is 0 Å². The first-order valence-corrected chi connectivity index (χ1v) is 7.34. The zero-order valence-corrected chi connectivity index (χ0v) is 11.6. The van der Waals surface area contributed by atoms with Crippen LogP contribution in [0, 0.1) is 0 Å². The molecule has 0 radical (unpaired) electrons. The van der Waals surface area contributed by atoms with Crippen LogP contribution in [0.15, 0.2) is 17.5 Å². The number of esters is 1. The molecule has 0 fully saturated rings. The fourth-order valence-corrected chi connectivity index (χ4v) is 2.40. The Morgan fingerprint density at radius 3 is 2.50 bits per heavy atom. The number of unbranched alkanes of at least 4 members (excludes halogenated alkanes) is 3. The van der Waals surface area contributed by atoms with E-state index >= 15 is 0 Å². The van der Waals surface area contributed by atoms with Crippen LogP contribution in [0.5, 0.6) is 0 Å². The molecule has 3 nitrogen and oxygen atoms in total. The third-order valence-corrected chi connectivity index (χ3v) is 3.55. The third kappa shape index (κ3) is 5.96. The van der Waals surface area contributed by atoms with Crippen molar-refractivity contribution in [3.05, 3.63) is 22.4 Å². The van der Waals surface area contributed by atoms with Gasteiger partial charge in [0.05, 0.1) is 11.5 Å². The van der Waals surface area contributed by atoms with Crippen molar-refractivity contribution in [3.8, 4) is 0 Å². The Balaban J connectivity index is 1.99. The molecular formula is C14H20O3S. The van der Waals surface area contributed by atoms with Gasteiger partial charge in [-0.15, -0.1) is 11.3 Å². The van der Waals surface area contributed by atoms with Crippen molar-refractivity contribution in [3.63, 3.8) is 0 Å². The van der Waals surface area contributed by atoms with E-state index in [1.807, 2.05) is 24.4 Å². The number of thiophene rings is 1. The maximum absolute atomic E-state index is 11.7. The number of carbonyl (C=O) groups is 2. The highest BCUT2D eigenvalue weighted by Gasteiger charge is 2.06. The van der Waals surface area contributed by atoms with Gasteiger partial charge in [-0.25, -0.2) is 0 Å². The third-order valence-electron chi connectivity index (χ3n) is 2.64. The van der Waals surface area contributed by atoms with Gasteiger partial charge in [0.15, 0.2) is 5.78 Å². The van der Waals surface area contributed by atoms with Crippen molar-refractivity contribution >= 4 is 23.1 Å². The Labute approximate surface area is 112 Å². The summed E-state index contributed by atoms with van der Waals surface area (Å²) in [5.74, 6) is 0.113. The molecule has 1 aromatic rings. The van der Waals surface area contributed by atoms with Crippen LogP contribution in [0.1, 0.15) is 55.1 Å². The van der Waals surface area contributed by atoms with Gasteiger partial charge >= 0.3 is 5.97 Å². The molecule has 0 aromatic carbocycles. The smallest absolute Gasteiger partial charge is 0.305 e. The lowest BCUT2D eigenvalue weighted by Crippen LogP contribution is -2.03. The minimum absolute atomic E-state index is 0.118. The summed E-state index contributed by atoms with van der Waals surface area (Å²) in [6, 6.07) is 3.77. The molecule has 0 spiro atoms. The molecule has 0 N–H and O–H groups in total. The largest absolute Gasteiger partial charge is 0.466 e.